The molecule has 2 aliphatic heterocycles. The molecule has 38 heavy (non-hydrogen) atoms. The summed E-state index contributed by atoms with van der Waals surface area (Å²) in [5, 5.41) is 12.2. The van der Waals surface area contributed by atoms with Gasteiger partial charge in [0.15, 0.2) is 23.4 Å². The lowest BCUT2D eigenvalue weighted by molar-refractivity contribution is -0.187. The molecule has 0 radical (unpaired) electrons. The van der Waals surface area contributed by atoms with Gasteiger partial charge in [0.1, 0.15) is 0 Å². The van der Waals surface area contributed by atoms with E-state index in [1.807, 2.05) is 18.2 Å². The molecule has 2 bridgehead atoms. The highest BCUT2D eigenvalue weighted by Crippen LogP contribution is 2.64. The molecule has 208 valence electrons. The fourth-order valence-electron chi connectivity index (χ4n) is 7.80. The SMILES string of the molecule is C=CCN1CC[C@]23c4c5ccc(OC(=O)CCCCCCCCCCCC)c4O[C@@H]2C(=O)CC[C@@]3(O)[C@@H]1C5. The molecule has 2 fully saturated rings. The second-order valence-corrected chi connectivity index (χ2v) is 11.9. The van der Waals surface area contributed by atoms with Gasteiger partial charge in [-0.25, -0.2) is 0 Å². The average molecular weight is 524 g/mol. The molecule has 2 heterocycles. The van der Waals surface area contributed by atoms with Crippen LogP contribution in [0.2, 0.25) is 0 Å². The van der Waals surface area contributed by atoms with E-state index in [9.17, 15) is 14.7 Å². The van der Waals surface area contributed by atoms with Gasteiger partial charge in [-0.15, -0.1) is 6.58 Å². The third kappa shape index (κ3) is 4.62. The first-order chi connectivity index (χ1) is 18.5. The van der Waals surface area contributed by atoms with E-state index >= 15 is 0 Å². The minimum absolute atomic E-state index is 0.0392. The molecule has 4 aliphatic rings. The Kier molecular flexibility index (Phi) is 8.30. The van der Waals surface area contributed by atoms with Crippen LogP contribution >= 0.6 is 0 Å². The summed E-state index contributed by atoms with van der Waals surface area (Å²) in [5.74, 6) is 0.685. The fourth-order valence-corrected chi connectivity index (χ4v) is 7.80. The molecule has 1 aromatic rings. The standard InChI is InChI=1S/C32H45NO5/c1-3-5-6-7-8-9-10-11-12-13-14-27(35)37-25-16-15-23-22-26-32(36)18-17-24(34)30-31(32,28(23)29(25)38-30)19-21-33(26)20-4-2/h4,15-16,26,30,36H,2-3,5-14,17-22H2,1H3/t26-,30+,31-,32+/m0/s1. The molecular weight excluding hydrogens is 478 g/mol. The van der Waals surface area contributed by atoms with Gasteiger partial charge in [0.2, 0.25) is 0 Å². The Morgan fingerprint density at radius 3 is 2.55 bits per heavy atom. The maximum atomic E-state index is 13.1. The number of carbonyl (C=O) groups excluding carboxylic acids is 2. The Bertz CT molecular complexity index is 1050. The van der Waals surface area contributed by atoms with Crippen LogP contribution in [-0.2, 0) is 21.4 Å². The van der Waals surface area contributed by atoms with Crippen molar-refractivity contribution in [3.05, 3.63) is 35.9 Å². The molecule has 0 unspecified atom stereocenters. The molecule has 1 saturated heterocycles. The monoisotopic (exact) mass is 523 g/mol. The molecule has 5 rings (SSSR count). The number of hydrogen-bond acceptors (Lipinski definition) is 6. The number of likely N-dealkylation sites (tertiary alicyclic amines) is 1. The third-order valence-corrected chi connectivity index (χ3v) is 9.68. The third-order valence-electron chi connectivity index (χ3n) is 9.68. The van der Waals surface area contributed by atoms with Crippen molar-refractivity contribution < 1.29 is 24.2 Å². The van der Waals surface area contributed by atoms with Crippen LogP contribution < -0.4 is 9.47 Å². The lowest BCUT2D eigenvalue weighted by atomic mass is 9.49. The van der Waals surface area contributed by atoms with Crippen molar-refractivity contribution in [3.63, 3.8) is 0 Å². The number of esters is 1. The number of nitrogens with zero attached hydrogens (tertiary/aromatic N) is 1. The van der Waals surface area contributed by atoms with Gasteiger partial charge in [0, 0.05) is 37.5 Å². The van der Waals surface area contributed by atoms with E-state index < -0.39 is 17.1 Å². The van der Waals surface area contributed by atoms with Gasteiger partial charge in [-0.05, 0) is 37.3 Å². The summed E-state index contributed by atoms with van der Waals surface area (Å²) in [6.45, 7) is 7.63. The van der Waals surface area contributed by atoms with E-state index in [0.29, 0.717) is 50.1 Å². The molecule has 0 amide bonds. The second kappa shape index (κ2) is 11.5. The van der Waals surface area contributed by atoms with Gasteiger partial charge in [-0.3, -0.25) is 14.5 Å². The van der Waals surface area contributed by atoms with Crippen LogP contribution in [0.1, 0.15) is 108 Å². The zero-order valence-electron chi connectivity index (χ0n) is 23.1. The predicted molar refractivity (Wildman–Crippen MR) is 148 cm³/mol. The molecule has 1 aromatic carbocycles. The molecule has 1 N–H and O–H groups in total. The van der Waals surface area contributed by atoms with Crippen molar-refractivity contribution in [2.24, 2.45) is 0 Å². The van der Waals surface area contributed by atoms with Gasteiger partial charge < -0.3 is 14.6 Å². The summed E-state index contributed by atoms with van der Waals surface area (Å²) in [5.41, 5.74) is 0.183. The maximum Gasteiger partial charge on any atom is 0.311 e. The van der Waals surface area contributed by atoms with Gasteiger partial charge in [-0.2, -0.15) is 0 Å². The molecule has 6 heteroatoms. The number of aliphatic hydroxyl groups is 1. The van der Waals surface area contributed by atoms with Gasteiger partial charge in [0.05, 0.1) is 11.0 Å². The largest absolute Gasteiger partial charge is 0.477 e. The quantitative estimate of drug-likeness (QED) is 0.143. The Labute approximate surface area is 227 Å². The molecule has 2 aliphatic carbocycles. The number of benzene rings is 1. The van der Waals surface area contributed by atoms with Crippen molar-refractivity contribution in [1.82, 2.24) is 4.90 Å². The first-order valence-electron chi connectivity index (χ1n) is 15.1. The van der Waals surface area contributed by atoms with Crippen LogP contribution in [0.4, 0.5) is 0 Å². The zero-order chi connectivity index (χ0) is 26.8. The van der Waals surface area contributed by atoms with E-state index in [1.165, 1.54) is 44.9 Å². The van der Waals surface area contributed by atoms with E-state index in [-0.39, 0.29) is 17.8 Å². The van der Waals surface area contributed by atoms with Gasteiger partial charge in [-0.1, -0.05) is 76.9 Å². The summed E-state index contributed by atoms with van der Waals surface area (Å²) in [4.78, 5) is 28.2. The number of hydrogen-bond donors (Lipinski definition) is 1. The number of carbonyl (C=O) groups is 2. The maximum absolute atomic E-state index is 13.1. The molecule has 4 atom stereocenters. The lowest BCUT2D eigenvalue weighted by Crippen LogP contribution is -2.76. The van der Waals surface area contributed by atoms with Crippen LogP contribution in [-0.4, -0.2) is 52.6 Å². The Morgan fingerprint density at radius 2 is 1.84 bits per heavy atom. The highest BCUT2D eigenvalue weighted by Gasteiger charge is 2.73. The topological polar surface area (TPSA) is 76.1 Å². The van der Waals surface area contributed by atoms with Crippen molar-refractivity contribution in [3.8, 4) is 11.5 Å². The minimum atomic E-state index is -1.05. The van der Waals surface area contributed by atoms with Crippen LogP contribution in [0.15, 0.2) is 24.8 Å². The second-order valence-electron chi connectivity index (χ2n) is 11.9. The Morgan fingerprint density at radius 1 is 1.13 bits per heavy atom. The molecule has 6 nitrogen and oxygen atoms in total. The summed E-state index contributed by atoms with van der Waals surface area (Å²) >= 11 is 0. The van der Waals surface area contributed by atoms with Crippen molar-refractivity contribution in [1.29, 1.82) is 0 Å². The van der Waals surface area contributed by atoms with E-state index in [4.69, 9.17) is 9.47 Å². The molecule has 0 aromatic heterocycles. The number of Topliss-reactive ketones (excluding diaryl/α,β-unsaturated/α-hetero) is 1. The lowest BCUT2D eigenvalue weighted by Gasteiger charge is -2.62. The van der Waals surface area contributed by atoms with Gasteiger partial charge in [0.25, 0.3) is 0 Å². The highest BCUT2D eigenvalue weighted by molar-refractivity contribution is 5.90. The number of piperidine rings is 1. The molecule has 1 saturated carbocycles. The average Bonchev–Trinajstić information content (AvgIpc) is 3.26. The van der Waals surface area contributed by atoms with E-state index in [0.717, 1.165) is 36.9 Å². The fraction of sp³-hybridized carbons (Fsp3) is 0.688. The zero-order valence-corrected chi connectivity index (χ0v) is 23.1. The number of ether oxygens (including phenoxy) is 2. The van der Waals surface area contributed by atoms with Crippen LogP contribution in [0, 0.1) is 0 Å². The summed E-state index contributed by atoms with van der Waals surface area (Å²) in [7, 11) is 0. The summed E-state index contributed by atoms with van der Waals surface area (Å²) < 4.78 is 12.2. The molecule has 1 spiro atoms. The van der Waals surface area contributed by atoms with Crippen LogP contribution in [0.5, 0.6) is 11.5 Å². The van der Waals surface area contributed by atoms with Gasteiger partial charge >= 0.3 is 5.97 Å². The highest BCUT2D eigenvalue weighted by atomic mass is 16.6. The molecular formula is C32H45NO5. The van der Waals surface area contributed by atoms with Crippen molar-refractivity contribution in [2.75, 3.05) is 13.1 Å². The number of unbranched alkanes of at least 4 members (excludes halogenated alkanes) is 9. The van der Waals surface area contributed by atoms with E-state index in [2.05, 4.69) is 18.4 Å². The smallest absolute Gasteiger partial charge is 0.311 e. The summed E-state index contributed by atoms with van der Waals surface area (Å²) in [6.07, 6.45) is 15.8. The van der Waals surface area contributed by atoms with Crippen LogP contribution in [0.25, 0.3) is 0 Å². The Hall–Kier alpha value is -2.18. The predicted octanol–water partition coefficient (Wildman–Crippen LogP) is 5.81. The van der Waals surface area contributed by atoms with E-state index in [1.54, 1.807) is 0 Å². The Balaban J connectivity index is 1.24. The van der Waals surface area contributed by atoms with Crippen molar-refractivity contribution >= 4 is 11.8 Å². The minimum Gasteiger partial charge on any atom is -0.477 e. The number of ketones is 1. The first kappa shape index (κ1) is 27.4. The number of rotatable bonds is 14. The first-order valence-corrected chi connectivity index (χ1v) is 15.1. The summed E-state index contributed by atoms with van der Waals surface area (Å²) in [6, 6.07) is 3.75. The normalized spacial score (nSPS) is 29.1. The van der Waals surface area contributed by atoms with Crippen molar-refractivity contribution in [2.45, 2.75) is 126 Å². The van der Waals surface area contributed by atoms with Crippen LogP contribution in [0.3, 0.4) is 0 Å².